The molecular formula is C10H8F6N2O3. The van der Waals surface area contributed by atoms with Crippen LogP contribution < -0.4 is 10.5 Å². The molecule has 0 amide bonds. The summed E-state index contributed by atoms with van der Waals surface area (Å²) in [6.07, 6.45) is -11.9. The minimum absolute atomic E-state index is 0.363. The van der Waals surface area contributed by atoms with Gasteiger partial charge in [-0.15, -0.1) is 13.2 Å². The van der Waals surface area contributed by atoms with Crippen LogP contribution in [0.1, 0.15) is 17.0 Å². The van der Waals surface area contributed by atoms with E-state index in [1.807, 2.05) is 0 Å². The molecule has 0 aliphatic heterocycles. The van der Waals surface area contributed by atoms with Crippen LogP contribution in [0.5, 0.6) is 5.75 Å². The summed E-state index contributed by atoms with van der Waals surface area (Å²) in [6.45, 7) is -0.487. The first kappa shape index (κ1) is 17.0. The van der Waals surface area contributed by atoms with Crippen LogP contribution in [-0.4, -0.2) is 22.4 Å². The number of carboxylic acid groups (broad SMARTS) is 1. The Balaban J connectivity index is 3.54. The summed E-state index contributed by atoms with van der Waals surface area (Å²) in [5.41, 5.74) is 1.76. The lowest BCUT2D eigenvalue weighted by Crippen LogP contribution is -2.23. The maximum Gasteiger partial charge on any atom is 0.573 e. The summed E-state index contributed by atoms with van der Waals surface area (Å²) in [7, 11) is 0. The molecule has 0 atom stereocenters. The Hall–Kier alpha value is -2.04. The van der Waals surface area contributed by atoms with Crippen LogP contribution in [0, 0.1) is 0 Å². The fourth-order valence-corrected chi connectivity index (χ4v) is 1.51. The number of aliphatic carboxylic acids is 1. The highest BCUT2D eigenvalue weighted by Crippen LogP contribution is 2.40. The third kappa shape index (κ3) is 4.77. The van der Waals surface area contributed by atoms with Crippen LogP contribution in [0.3, 0.4) is 0 Å². The van der Waals surface area contributed by atoms with Gasteiger partial charge in [0, 0.05) is 12.6 Å². The lowest BCUT2D eigenvalue weighted by atomic mass is 10.1. The molecule has 5 nitrogen and oxygen atoms in total. The SMILES string of the molecule is NCc1cc(OC(F)(F)F)c(C(F)(F)F)c(CC(=O)O)n1. The normalized spacial score (nSPS) is 12.3. The van der Waals surface area contributed by atoms with Crippen molar-refractivity contribution in [2.45, 2.75) is 25.5 Å². The molecule has 21 heavy (non-hydrogen) atoms. The summed E-state index contributed by atoms with van der Waals surface area (Å²) in [5, 5.41) is 8.54. The van der Waals surface area contributed by atoms with Gasteiger partial charge in [0.1, 0.15) is 11.3 Å². The van der Waals surface area contributed by atoms with Gasteiger partial charge in [-0.2, -0.15) is 13.2 Å². The summed E-state index contributed by atoms with van der Waals surface area (Å²) in [4.78, 5) is 13.9. The molecular weight excluding hydrogens is 310 g/mol. The minimum Gasteiger partial charge on any atom is -0.481 e. The van der Waals surface area contributed by atoms with Gasteiger partial charge >= 0.3 is 18.5 Å². The zero-order valence-corrected chi connectivity index (χ0v) is 10.0. The van der Waals surface area contributed by atoms with Gasteiger partial charge in [0.15, 0.2) is 0 Å². The maximum atomic E-state index is 12.9. The summed E-state index contributed by atoms with van der Waals surface area (Å²) < 4.78 is 78.4. The Morgan fingerprint density at radius 2 is 1.86 bits per heavy atom. The monoisotopic (exact) mass is 318 g/mol. The topological polar surface area (TPSA) is 85.4 Å². The van der Waals surface area contributed by atoms with Crippen LogP contribution in [0.25, 0.3) is 0 Å². The van der Waals surface area contributed by atoms with Gasteiger partial charge < -0.3 is 15.6 Å². The summed E-state index contributed by atoms with van der Waals surface area (Å²) in [6, 6.07) is 0.377. The summed E-state index contributed by atoms with van der Waals surface area (Å²) >= 11 is 0. The van der Waals surface area contributed by atoms with Crippen molar-refractivity contribution in [2.24, 2.45) is 5.73 Å². The van der Waals surface area contributed by atoms with E-state index in [-0.39, 0.29) is 5.69 Å². The van der Waals surface area contributed by atoms with Crippen LogP contribution in [-0.2, 0) is 23.9 Å². The smallest absolute Gasteiger partial charge is 0.481 e. The number of carboxylic acids is 1. The van der Waals surface area contributed by atoms with Gasteiger partial charge in [-0.3, -0.25) is 9.78 Å². The molecule has 1 aromatic heterocycles. The summed E-state index contributed by atoms with van der Waals surface area (Å²) in [5.74, 6) is -3.28. The molecule has 0 fully saturated rings. The second-order valence-electron chi connectivity index (χ2n) is 3.75. The number of hydrogen-bond donors (Lipinski definition) is 2. The third-order valence-corrected chi connectivity index (χ3v) is 2.15. The number of nitrogens with two attached hydrogens (primary N) is 1. The lowest BCUT2D eigenvalue weighted by molar-refractivity contribution is -0.276. The number of rotatable bonds is 4. The van der Waals surface area contributed by atoms with Crippen molar-refractivity contribution >= 4 is 5.97 Å². The Kier molecular flexibility index (Phi) is 4.66. The van der Waals surface area contributed by atoms with Gasteiger partial charge in [0.05, 0.1) is 17.8 Å². The maximum absolute atomic E-state index is 12.9. The molecule has 0 aliphatic rings. The predicted octanol–water partition coefficient (Wildman–Crippen LogP) is 2.08. The van der Waals surface area contributed by atoms with Gasteiger partial charge in [-0.05, 0) is 0 Å². The fourth-order valence-electron chi connectivity index (χ4n) is 1.51. The number of alkyl halides is 6. The quantitative estimate of drug-likeness (QED) is 0.830. The first-order chi connectivity index (χ1) is 9.44. The van der Waals surface area contributed by atoms with Crippen LogP contribution in [0.15, 0.2) is 6.07 Å². The van der Waals surface area contributed by atoms with Crippen molar-refractivity contribution in [3.8, 4) is 5.75 Å². The molecule has 0 radical (unpaired) electrons. The molecule has 11 heteroatoms. The highest BCUT2D eigenvalue weighted by molar-refractivity contribution is 5.70. The molecule has 0 aromatic carbocycles. The molecule has 0 unspecified atom stereocenters. The zero-order chi connectivity index (χ0) is 16.4. The molecule has 1 aromatic rings. The van der Waals surface area contributed by atoms with Crippen molar-refractivity contribution in [1.29, 1.82) is 0 Å². The Morgan fingerprint density at radius 1 is 1.29 bits per heavy atom. The van der Waals surface area contributed by atoms with E-state index >= 15 is 0 Å². The van der Waals surface area contributed by atoms with E-state index in [1.54, 1.807) is 0 Å². The van der Waals surface area contributed by atoms with Crippen molar-refractivity contribution < 1.29 is 41.0 Å². The molecule has 118 valence electrons. The molecule has 1 rings (SSSR count). The highest BCUT2D eigenvalue weighted by Gasteiger charge is 2.42. The Morgan fingerprint density at radius 3 is 2.24 bits per heavy atom. The van der Waals surface area contributed by atoms with E-state index in [4.69, 9.17) is 10.8 Å². The standard InChI is InChI=1S/C10H8F6N2O3/c11-9(12,13)8-5(2-7(19)20)18-4(3-17)1-6(8)21-10(14,15)16/h1H,2-3,17H2,(H,19,20). The molecule has 0 saturated heterocycles. The van der Waals surface area contributed by atoms with Gasteiger partial charge in [0.2, 0.25) is 0 Å². The molecule has 0 bridgehead atoms. The van der Waals surface area contributed by atoms with Crippen LogP contribution in [0.2, 0.25) is 0 Å². The molecule has 3 N–H and O–H groups in total. The van der Waals surface area contributed by atoms with Gasteiger partial charge in [-0.1, -0.05) is 0 Å². The first-order valence-electron chi connectivity index (χ1n) is 5.21. The largest absolute Gasteiger partial charge is 0.573 e. The number of hydrogen-bond acceptors (Lipinski definition) is 4. The molecule has 0 aliphatic carbocycles. The molecule has 1 heterocycles. The Labute approximate surface area is 113 Å². The molecule has 0 spiro atoms. The van der Waals surface area contributed by atoms with E-state index in [1.165, 1.54) is 0 Å². The number of ether oxygens (including phenoxy) is 1. The number of carbonyl (C=O) groups is 1. The number of halogens is 6. The second kappa shape index (κ2) is 5.76. The van der Waals surface area contributed by atoms with E-state index in [2.05, 4.69) is 9.72 Å². The number of pyridine rings is 1. The van der Waals surface area contributed by atoms with E-state index in [9.17, 15) is 31.1 Å². The van der Waals surface area contributed by atoms with Crippen LogP contribution >= 0.6 is 0 Å². The first-order valence-corrected chi connectivity index (χ1v) is 5.21. The molecule has 0 saturated carbocycles. The predicted molar refractivity (Wildman–Crippen MR) is 55.2 cm³/mol. The minimum atomic E-state index is -5.38. The Bertz CT molecular complexity index is 541. The van der Waals surface area contributed by atoms with E-state index in [0.717, 1.165) is 0 Å². The average molecular weight is 318 g/mol. The van der Waals surface area contributed by atoms with Gasteiger partial charge in [0.25, 0.3) is 0 Å². The lowest BCUT2D eigenvalue weighted by Gasteiger charge is -2.18. The van der Waals surface area contributed by atoms with Gasteiger partial charge in [-0.25, -0.2) is 0 Å². The average Bonchev–Trinajstić information content (AvgIpc) is 2.23. The second-order valence-corrected chi connectivity index (χ2v) is 3.75. The number of aromatic nitrogens is 1. The zero-order valence-electron chi connectivity index (χ0n) is 10.0. The van der Waals surface area contributed by atoms with E-state index in [0.29, 0.717) is 6.07 Å². The van der Waals surface area contributed by atoms with Crippen LogP contribution in [0.4, 0.5) is 26.3 Å². The highest BCUT2D eigenvalue weighted by atomic mass is 19.4. The van der Waals surface area contributed by atoms with E-state index < -0.39 is 48.5 Å². The van der Waals surface area contributed by atoms with Crippen molar-refractivity contribution in [2.75, 3.05) is 0 Å². The number of nitrogens with zero attached hydrogens (tertiary/aromatic N) is 1. The fraction of sp³-hybridized carbons (Fsp3) is 0.400. The van der Waals surface area contributed by atoms with Crippen molar-refractivity contribution in [3.05, 3.63) is 23.0 Å². The van der Waals surface area contributed by atoms with Crippen molar-refractivity contribution in [1.82, 2.24) is 4.98 Å². The third-order valence-electron chi connectivity index (χ3n) is 2.15. The van der Waals surface area contributed by atoms with Crippen molar-refractivity contribution in [3.63, 3.8) is 0 Å².